The molecule has 1 aliphatic rings. The van der Waals surface area contributed by atoms with E-state index in [-0.39, 0.29) is 5.75 Å². The Labute approximate surface area is 186 Å². The predicted octanol–water partition coefficient (Wildman–Crippen LogP) is 8.17. The molecule has 0 saturated heterocycles. The number of benzene rings is 2. The highest BCUT2D eigenvalue weighted by Crippen LogP contribution is 2.36. The minimum atomic E-state index is -0.892. The van der Waals surface area contributed by atoms with Crippen LogP contribution in [0.5, 0.6) is 5.75 Å². The van der Waals surface area contributed by atoms with E-state index >= 15 is 0 Å². The molecule has 3 rings (SSSR count). The molecule has 168 valence electrons. The summed E-state index contributed by atoms with van der Waals surface area (Å²) in [6.07, 6.45) is 15.6. The summed E-state index contributed by atoms with van der Waals surface area (Å²) < 4.78 is 32.7. The number of aryl methyl sites for hydroxylation is 2. The molecule has 0 spiro atoms. The van der Waals surface area contributed by atoms with Crippen molar-refractivity contribution in [2.24, 2.45) is 5.92 Å². The molecule has 2 aromatic rings. The lowest BCUT2D eigenvalue weighted by molar-refractivity contribution is 0.370. The molecule has 0 bridgehead atoms. The van der Waals surface area contributed by atoms with E-state index in [0.717, 1.165) is 6.42 Å². The van der Waals surface area contributed by atoms with Crippen LogP contribution in [0.2, 0.25) is 0 Å². The largest absolute Gasteiger partial charge is 0.494 e. The Morgan fingerprint density at radius 3 is 2.32 bits per heavy atom. The third kappa shape index (κ3) is 6.66. The Bertz CT molecular complexity index is 833. The van der Waals surface area contributed by atoms with Crippen LogP contribution in [0.15, 0.2) is 48.6 Å². The zero-order valence-electron chi connectivity index (χ0n) is 19.0. The molecule has 1 fully saturated rings. The Morgan fingerprint density at radius 1 is 0.903 bits per heavy atom. The average Bonchev–Trinajstić information content (AvgIpc) is 2.80. The van der Waals surface area contributed by atoms with Crippen LogP contribution < -0.4 is 4.74 Å². The van der Waals surface area contributed by atoms with Crippen LogP contribution in [-0.4, -0.2) is 7.11 Å². The number of rotatable bonds is 10. The maximum atomic E-state index is 14.1. The van der Waals surface area contributed by atoms with Gasteiger partial charge in [-0.25, -0.2) is 4.39 Å². The molecular weight excluding hydrogens is 390 g/mol. The second-order valence-corrected chi connectivity index (χ2v) is 8.83. The van der Waals surface area contributed by atoms with Gasteiger partial charge in [-0.2, -0.15) is 4.39 Å². The third-order valence-electron chi connectivity index (χ3n) is 6.63. The summed E-state index contributed by atoms with van der Waals surface area (Å²) in [7, 11) is 1.35. The summed E-state index contributed by atoms with van der Waals surface area (Å²) >= 11 is 0. The van der Waals surface area contributed by atoms with Crippen LogP contribution in [-0.2, 0) is 12.8 Å². The maximum Gasteiger partial charge on any atom is 0.200 e. The summed E-state index contributed by atoms with van der Waals surface area (Å²) in [6, 6.07) is 12.4. The van der Waals surface area contributed by atoms with Crippen molar-refractivity contribution >= 4 is 0 Å². The molecule has 0 atom stereocenters. The van der Waals surface area contributed by atoms with E-state index in [1.807, 2.05) is 0 Å². The standard InChI is InChI=1S/C28H36F2O/c1-3-4-5-8-21-11-15-23(16-12-21)24-17-13-22(14-18-24)9-6-7-10-25-19-20-26(31-2)28(30)27(25)29/h6,9,11-12,15-16,19-20,22,24H,3-5,7-8,10,13-14,17-18H2,1-2H3. The predicted molar refractivity (Wildman–Crippen MR) is 125 cm³/mol. The Morgan fingerprint density at radius 2 is 1.65 bits per heavy atom. The second kappa shape index (κ2) is 12.0. The summed E-state index contributed by atoms with van der Waals surface area (Å²) in [4.78, 5) is 0. The fourth-order valence-electron chi connectivity index (χ4n) is 4.63. The first-order valence-corrected chi connectivity index (χ1v) is 11.9. The van der Waals surface area contributed by atoms with Crippen LogP contribution in [0, 0.1) is 17.6 Å². The number of ether oxygens (including phenoxy) is 1. The van der Waals surface area contributed by atoms with Gasteiger partial charge in [-0.1, -0.05) is 62.2 Å². The average molecular weight is 427 g/mol. The van der Waals surface area contributed by atoms with E-state index in [4.69, 9.17) is 4.74 Å². The van der Waals surface area contributed by atoms with Gasteiger partial charge >= 0.3 is 0 Å². The lowest BCUT2D eigenvalue weighted by Gasteiger charge is -2.27. The smallest absolute Gasteiger partial charge is 0.200 e. The molecule has 1 nitrogen and oxygen atoms in total. The van der Waals surface area contributed by atoms with Crippen molar-refractivity contribution in [3.63, 3.8) is 0 Å². The first-order chi connectivity index (χ1) is 15.1. The zero-order valence-corrected chi connectivity index (χ0v) is 19.0. The maximum absolute atomic E-state index is 14.1. The van der Waals surface area contributed by atoms with Crippen LogP contribution in [0.3, 0.4) is 0 Å². The van der Waals surface area contributed by atoms with Crippen molar-refractivity contribution in [3.8, 4) is 5.75 Å². The minimum absolute atomic E-state index is 0.0420. The van der Waals surface area contributed by atoms with Gasteiger partial charge in [0.2, 0.25) is 5.82 Å². The number of methoxy groups -OCH3 is 1. The van der Waals surface area contributed by atoms with E-state index in [1.54, 1.807) is 6.07 Å². The Balaban J connectivity index is 1.42. The number of hydrogen-bond acceptors (Lipinski definition) is 1. The van der Waals surface area contributed by atoms with Crippen LogP contribution in [0.4, 0.5) is 8.78 Å². The lowest BCUT2D eigenvalue weighted by Crippen LogP contribution is -2.11. The van der Waals surface area contributed by atoms with E-state index in [1.165, 1.54) is 75.7 Å². The molecule has 0 N–H and O–H groups in total. The van der Waals surface area contributed by atoms with E-state index in [0.29, 0.717) is 23.8 Å². The van der Waals surface area contributed by atoms with Gasteiger partial charge in [-0.05, 0) is 86.0 Å². The van der Waals surface area contributed by atoms with Gasteiger partial charge in [0, 0.05) is 0 Å². The van der Waals surface area contributed by atoms with E-state index in [9.17, 15) is 8.78 Å². The normalized spacial score (nSPS) is 19.1. The fraction of sp³-hybridized carbons (Fsp3) is 0.500. The van der Waals surface area contributed by atoms with Crippen LogP contribution >= 0.6 is 0 Å². The second-order valence-electron chi connectivity index (χ2n) is 8.83. The highest BCUT2D eigenvalue weighted by Gasteiger charge is 2.20. The van der Waals surface area contributed by atoms with Gasteiger partial charge in [0.25, 0.3) is 0 Å². The number of hydrogen-bond donors (Lipinski definition) is 0. The molecule has 0 radical (unpaired) electrons. The molecule has 0 heterocycles. The Hall–Kier alpha value is -2.16. The van der Waals surface area contributed by atoms with Crippen molar-refractivity contribution in [2.45, 2.75) is 77.0 Å². The van der Waals surface area contributed by atoms with Gasteiger partial charge in [0.1, 0.15) is 0 Å². The first-order valence-electron chi connectivity index (χ1n) is 11.9. The molecule has 0 aromatic heterocycles. The molecule has 2 aromatic carbocycles. The van der Waals surface area contributed by atoms with Gasteiger partial charge in [0.05, 0.1) is 7.11 Å². The molecule has 1 aliphatic carbocycles. The van der Waals surface area contributed by atoms with Crippen molar-refractivity contribution in [1.82, 2.24) is 0 Å². The van der Waals surface area contributed by atoms with Gasteiger partial charge in [0.15, 0.2) is 11.6 Å². The minimum Gasteiger partial charge on any atom is -0.494 e. The van der Waals surface area contributed by atoms with Crippen molar-refractivity contribution in [2.75, 3.05) is 7.11 Å². The van der Waals surface area contributed by atoms with Crippen molar-refractivity contribution < 1.29 is 13.5 Å². The molecule has 0 unspecified atom stereocenters. The monoisotopic (exact) mass is 426 g/mol. The topological polar surface area (TPSA) is 9.23 Å². The van der Waals surface area contributed by atoms with Crippen molar-refractivity contribution in [3.05, 3.63) is 76.9 Å². The highest BCUT2D eigenvalue weighted by atomic mass is 19.2. The summed E-state index contributed by atoms with van der Waals surface area (Å²) in [5.74, 6) is -0.451. The molecule has 1 saturated carbocycles. The molecule has 31 heavy (non-hydrogen) atoms. The van der Waals surface area contributed by atoms with Gasteiger partial charge < -0.3 is 4.74 Å². The number of allylic oxidation sites excluding steroid dienone is 2. The van der Waals surface area contributed by atoms with E-state index in [2.05, 4.69) is 43.3 Å². The third-order valence-corrected chi connectivity index (χ3v) is 6.63. The van der Waals surface area contributed by atoms with Gasteiger partial charge in [-0.3, -0.25) is 0 Å². The summed E-state index contributed by atoms with van der Waals surface area (Å²) in [6.45, 7) is 2.25. The number of halogens is 2. The zero-order chi connectivity index (χ0) is 22.1. The Kier molecular flexibility index (Phi) is 9.12. The summed E-state index contributed by atoms with van der Waals surface area (Å²) in [5, 5.41) is 0. The van der Waals surface area contributed by atoms with Gasteiger partial charge in [-0.15, -0.1) is 0 Å². The quantitative estimate of drug-likeness (QED) is 0.275. The highest BCUT2D eigenvalue weighted by molar-refractivity contribution is 5.31. The van der Waals surface area contributed by atoms with Crippen LogP contribution in [0.1, 0.15) is 80.9 Å². The fourth-order valence-corrected chi connectivity index (χ4v) is 4.63. The van der Waals surface area contributed by atoms with Crippen LogP contribution in [0.25, 0.3) is 0 Å². The van der Waals surface area contributed by atoms with Crippen molar-refractivity contribution in [1.29, 1.82) is 0 Å². The molecule has 0 aliphatic heterocycles. The number of unbranched alkanes of at least 4 members (excludes halogenated alkanes) is 2. The molecule has 3 heteroatoms. The molecule has 0 amide bonds. The summed E-state index contributed by atoms with van der Waals surface area (Å²) in [5.41, 5.74) is 3.35. The van der Waals surface area contributed by atoms with E-state index < -0.39 is 11.6 Å². The lowest BCUT2D eigenvalue weighted by atomic mass is 9.78. The molecular formula is C28H36F2O. The SMILES string of the molecule is CCCCCc1ccc(C2CCC(C=CCCc3ccc(OC)c(F)c3F)CC2)cc1. The first kappa shape index (κ1) is 23.5.